The average Bonchev–Trinajstić information content (AvgIpc) is 2.38. The molecule has 5 nitrogen and oxygen atoms in total. The number of nitrogens with zero attached hydrogens (tertiary/aromatic N) is 3. The normalized spacial score (nSPS) is 29.0. The van der Waals surface area contributed by atoms with Crippen molar-refractivity contribution in [1.82, 2.24) is 20.2 Å². The number of rotatable bonds is 4. The summed E-state index contributed by atoms with van der Waals surface area (Å²) < 4.78 is 5.83. The quantitative estimate of drug-likeness (QED) is 0.756. The highest BCUT2D eigenvalue weighted by molar-refractivity contribution is 4.76. The monoisotopic (exact) mass is 256 g/mol. The lowest BCUT2D eigenvalue weighted by Gasteiger charge is -2.38. The predicted octanol–water partition coefficient (Wildman–Crippen LogP) is -0.152. The van der Waals surface area contributed by atoms with E-state index < -0.39 is 0 Å². The van der Waals surface area contributed by atoms with Gasteiger partial charge in [-0.2, -0.15) is 0 Å². The van der Waals surface area contributed by atoms with Crippen LogP contribution in [-0.4, -0.2) is 86.4 Å². The van der Waals surface area contributed by atoms with Gasteiger partial charge in [0.15, 0.2) is 0 Å². The highest BCUT2D eigenvalue weighted by Gasteiger charge is 2.23. The number of hydrazine groups is 1. The molecule has 2 aliphatic heterocycles. The van der Waals surface area contributed by atoms with Crippen molar-refractivity contribution in [3.8, 4) is 0 Å². The minimum Gasteiger partial charge on any atom is -0.374 e. The van der Waals surface area contributed by atoms with Crippen LogP contribution in [0.15, 0.2) is 0 Å². The Morgan fingerprint density at radius 2 is 1.89 bits per heavy atom. The number of likely N-dealkylation sites (N-methyl/N-ethyl adjacent to an activating group) is 1. The van der Waals surface area contributed by atoms with Crippen LogP contribution in [0.1, 0.15) is 13.8 Å². The van der Waals surface area contributed by atoms with E-state index in [9.17, 15) is 0 Å². The zero-order valence-corrected chi connectivity index (χ0v) is 12.1. The van der Waals surface area contributed by atoms with Gasteiger partial charge in [0, 0.05) is 51.9 Å². The molecule has 0 spiro atoms. The summed E-state index contributed by atoms with van der Waals surface area (Å²) in [5, 5.41) is 2.33. The Morgan fingerprint density at radius 1 is 1.17 bits per heavy atom. The molecule has 1 atom stereocenters. The van der Waals surface area contributed by atoms with Crippen molar-refractivity contribution >= 4 is 0 Å². The first-order chi connectivity index (χ1) is 8.65. The van der Waals surface area contributed by atoms with Crippen LogP contribution in [-0.2, 0) is 4.74 Å². The summed E-state index contributed by atoms with van der Waals surface area (Å²) in [6.07, 6.45) is 0.334. The molecule has 2 saturated heterocycles. The van der Waals surface area contributed by atoms with Gasteiger partial charge in [0.1, 0.15) is 0 Å². The van der Waals surface area contributed by atoms with Crippen LogP contribution in [0.25, 0.3) is 0 Å². The van der Waals surface area contributed by atoms with Crippen LogP contribution in [0.3, 0.4) is 0 Å². The molecule has 0 aliphatic carbocycles. The molecule has 0 aromatic carbocycles. The maximum atomic E-state index is 5.83. The lowest BCUT2D eigenvalue weighted by atomic mass is 10.2. The van der Waals surface area contributed by atoms with Crippen LogP contribution in [0.5, 0.6) is 0 Å². The van der Waals surface area contributed by atoms with Gasteiger partial charge in [-0.3, -0.25) is 10.3 Å². The van der Waals surface area contributed by atoms with Gasteiger partial charge in [-0.25, -0.2) is 5.01 Å². The first-order valence-corrected chi connectivity index (χ1v) is 7.18. The molecule has 1 unspecified atom stereocenters. The SMILES string of the molecule is CC(C)N1CCOC(CNN2CCN(C)CC2)C1. The molecule has 2 aliphatic rings. The number of ether oxygens (including phenoxy) is 1. The fourth-order valence-corrected chi connectivity index (χ4v) is 2.53. The van der Waals surface area contributed by atoms with E-state index in [4.69, 9.17) is 4.74 Å². The second-order valence-corrected chi connectivity index (χ2v) is 5.73. The summed E-state index contributed by atoms with van der Waals surface area (Å²) >= 11 is 0. The van der Waals surface area contributed by atoms with E-state index in [2.05, 4.69) is 41.1 Å². The van der Waals surface area contributed by atoms with Gasteiger partial charge in [-0.05, 0) is 20.9 Å². The molecular weight excluding hydrogens is 228 g/mol. The Bertz CT molecular complexity index is 241. The van der Waals surface area contributed by atoms with E-state index in [-0.39, 0.29) is 0 Å². The fourth-order valence-electron chi connectivity index (χ4n) is 2.53. The molecule has 5 heteroatoms. The number of nitrogens with one attached hydrogen (secondary N) is 1. The summed E-state index contributed by atoms with van der Waals surface area (Å²) in [6.45, 7) is 13.0. The summed E-state index contributed by atoms with van der Waals surface area (Å²) in [5.74, 6) is 0. The molecule has 1 N–H and O–H groups in total. The van der Waals surface area contributed by atoms with Gasteiger partial charge in [0.2, 0.25) is 0 Å². The molecule has 18 heavy (non-hydrogen) atoms. The maximum absolute atomic E-state index is 5.83. The van der Waals surface area contributed by atoms with Crippen molar-refractivity contribution in [3.63, 3.8) is 0 Å². The summed E-state index contributed by atoms with van der Waals surface area (Å²) in [6, 6.07) is 0.625. The van der Waals surface area contributed by atoms with E-state index in [1.165, 1.54) is 0 Å². The predicted molar refractivity (Wildman–Crippen MR) is 73.5 cm³/mol. The lowest BCUT2D eigenvalue weighted by molar-refractivity contribution is -0.0474. The van der Waals surface area contributed by atoms with Crippen LogP contribution in [0.2, 0.25) is 0 Å². The van der Waals surface area contributed by atoms with E-state index in [1.54, 1.807) is 0 Å². The maximum Gasteiger partial charge on any atom is 0.0840 e. The minimum atomic E-state index is 0.334. The van der Waals surface area contributed by atoms with Gasteiger partial charge >= 0.3 is 0 Å². The third kappa shape index (κ3) is 4.17. The highest BCUT2D eigenvalue weighted by Crippen LogP contribution is 2.08. The average molecular weight is 256 g/mol. The fraction of sp³-hybridized carbons (Fsp3) is 1.00. The summed E-state index contributed by atoms with van der Waals surface area (Å²) in [4.78, 5) is 4.87. The van der Waals surface area contributed by atoms with Crippen LogP contribution in [0.4, 0.5) is 0 Å². The molecule has 0 bridgehead atoms. The molecule has 0 radical (unpaired) electrons. The molecule has 2 rings (SSSR count). The molecule has 0 aromatic rings. The van der Waals surface area contributed by atoms with Crippen LogP contribution < -0.4 is 5.43 Å². The second-order valence-electron chi connectivity index (χ2n) is 5.73. The first kappa shape index (κ1) is 14.2. The first-order valence-electron chi connectivity index (χ1n) is 7.18. The molecule has 106 valence electrons. The number of hydrogen-bond donors (Lipinski definition) is 1. The van der Waals surface area contributed by atoms with Gasteiger partial charge < -0.3 is 9.64 Å². The topological polar surface area (TPSA) is 31.0 Å². The Morgan fingerprint density at radius 3 is 2.56 bits per heavy atom. The van der Waals surface area contributed by atoms with Gasteiger partial charge in [0.25, 0.3) is 0 Å². The zero-order chi connectivity index (χ0) is 13.0. The molecule has 2 heterocycles. The third-order valence-corrected chi connectivity index (χ3v) is 3.95. The van der Waals surface area contributed by atoms with E-state index in [1.807, 2.05) is 0 Å². The van der Waals surface area contributed by atoms with Crippen LogP contribution in [0, 0.1) is 0 Å². The van der Waals surface area contributed by atoms with Crippen molar-refractivity contribution < 1.29 is 4.74 Å². The zero-order valence-electron chi connectivity index (χ0n) is 12.1. The lowest BCUT2D eigenvalue weighted by Crippen LogP contribution is -2.55. The van der Waals surface area contributed by atoms with Crippen LogP contribution >= 0.6 is 0 Å². The van der Waals surface area contributed by atoms with Gasteiger partial charge in [-0.1, -0.05) is 0 Å². The van der Waals surface area contributed by atoms with Gasteiger partial charge in [0.05, 0.1) is 12.7 Å². The standard InChI is InChI=1S/C13H28N4O/c1-12(2)16-8-9-18-13(11-16)10-14-17-6-4-15(3)5-7-17/h12-14H,4-11H2,1-3H3. The Kier molecular flexibility index (Phi) is 5.38. The van der Waals surface area contributed by atoms with E-state index >= 15 is 0 Å². The van der Waals surface area contributed by atoms with Crippen molar-refractivity contribution in [2.45, 2.75) is 26.0 Å². The Balaban J connectivity index is 1.67. The largest absolute Gasteiger partial charge is 0.374 e. The number of morpholine rings is 1. The van der Waals surface area contributed by atoms with Crippen molar-refractivity contribution in [1.29, 1.82) is 0 Å². The smallest absolute Gasteiger partial charge is 0.0840 e. The van der Waals surface area contributed by atoms with E-state index in [0.29, 0.717) is 12.1 Å². The van der Waals surface area contributed by atoms with Crippen molar-refractivity contribution in [2.75, 3.05) is 59.5 Å². The molecule has 0 amide bonds. The molecule has 0 aromatic heterocycles. The molecular formula is C13H28N4O. The summed E-state index contributed by atoms with van der Waals surface area (Å²) in [7, 11) is 2.18. The Hall–Kier alpha value is -0.200. The van der Waals surface area contributed by atoms with Crippen molar-refractivity contribution in [3.05, 3.63) is 0 Å². The molecule has 2 fully saturated rings. The van der Waals surface area contributed by atoms with Gasteiger partial charge in [-0.15, -0.1) is 0 Å². The number of hydrogen-bond acceptors (Lipinski definition) is 5. The van der Waals surface area contributed by atoms with Crippen molar-refractivity contribution in [2.24, 2.45) is 0 Å². The third-order valence-electron chi connectivity index (χ3n) is 3.95. The second kappa shape index (κ2) is 6.82. The highest BCUT2D eigenvalue weighted by atomic mass is 16.5. The minimum absolute atomic E-state index is 0.334. The van der Waals surface area contributed by atoms with E-state index in [0.717, 1.165) is 52.4 Å². The molecule has 0 saturated carbocycles. The summed E-state index contributed by atoms with van der Waals surface area (Å²) in [5.41, 5.74) is 3.53. The number of piperazine rings is 1. The Labute approximate surface area is 111 Å².